The van der Waals surface area contributed by atoms with Crippen LogP contribution in [-0.2, 0) is 0 Å². The number of hydrogen-bond donors (Lipinski definition) is 0. The fourth-order valence-electron chi connectivity index (χ4n) is 1.11. The quantitative estimate of drug-likeness (QED) is 0.436. The SMILES string of the molecule is C#CCCSc1nc2ccccc2o1. The van der Waals surface area contributed by atoms with E-state index in [-0.39, 0.29) is 0 Å². The second-order valence-electron chi connectivity index (χ2n) is 2.75. The Hall–Kier alpha value is -1.40. The number of benzene rings is 1. The predicted octanol–water partition coefficient (Wildman–Crippen LogP) is 2.94. The maximum absolute atomic E-state index is 5.50. The molecular formula is C11H9NOS. The van der Waals surface area contributed by atoms with Crippen molar-refractivity contribution in [1.82, 2.24) is 4.98 Å². The molecule has 1 aromatic heterocycles. The maximum atomic E-state index is 5.50. The van der Waals surface area contributed by atoms with E-state index in [1.807, 2.05) is 24.3 Å². The largest absolute Gasteiger partial charge is 0.431 e. The molecule has 0 fully saturated rings. The average Bonchev–Trinajstić information content (AvgIpc) is 2.60. The third-order valence-corrected chi connectivity index (χ3v) is 2.58. The average molecular weight is 203 g/mol. The Morgan fingerprint density at radius 2 is 2.29 bits per heavy atom. The predicted molar refractivity (Wildman–Crippen MR) is 58.2 cm³/mol. The minimum absolute atomic E-state index is 0.696. The third-order valence-electron chi connectivity index (χ3n) is 1.75. The van der Waals surface area contributed by atoms with Crippen molar-refractivity contribution in [2.24, 2.45) is 0 Å². The van der Waals surface area contributed by atoms with Gasteiger partial charge in [-0.05, 0) is 12.1 Å². The van der Waals surface area contributed by atoms with E-state index in [9.17, 15) is 0 Å². The first kappa shape index (κ1) is 9.17. The second-order valence-corrected chi connectivity index (χ2v) is 3.80. The van der Waals surface area contributed by atoms with Crippen LogP contribution in [0.25, 0.3) is 11.1 Å². The van der Waals surface area contributed by atoms with E-state index in [2.05, 4.69) is 10.9 Å². The summed E-state index contributed by atoms with van der Waals surface area (Å²) in [5.41, 5.74) is 1.73. The van der Waals surface area contributed by atoms with Crippen LogP contribution in [0.2, 0.25) is 0 Å². The molecule has 0 aliphatic rings. The van der Waals surface area contributed by atoms with Crippen LogP contribution >= 0.6 is 11.8 Å². The van der Waals surface area contributed by atoms with E-state index < -0.39 is 0 Å². The lowest BCUT2D eigenvalue weighted by molar-refractivity contribution is 0.489. The lowest BCUT2D eigenvalue weighted by Gasteiger charge is -1.88. The first-order valence-electron chi connectivity index (χ1n) is 4.32. The summed E-state index contributed by atoms with van der Waals surface area (Å²) < 4.78 is 5.50. The lowest BCUT2D eigenvalue weighted by Crippen LogP contribution is -1.75. The van der Waals surface area contributed by atoms with Gasteiger partial charge < -0.3 is 4.42 Å². The van der Waals surface area contributed by atoms with Gasteiger partial charge in [-0.15, -0.1) is 12.3 Å². The number of thioether (sulfide) groups is 1. The van der Waals surface area contributed by atoms with Gasteiger partial charge in [0.2, 0.25) is 0 Å². The summed E-state index contributed by atoms with van der Waals surface area (Å²) in [4.78, 5) is 4.31. The van der Waals surface area contributed by atoms with Crippen molar-refractivity contribution in [3.05, 3.63) is 24.3 Å². The molecule has 0 spiro atoms. The Balaban J connectivity index is 2.15. The van der Waals surface area contributed by atoms with Gasteiger partial charge in [-0.3, -0.25) is 0 Å². The summed E-state index contributed by atoms with van der Waals surface area (Å²) in [6.45, 7) is 0. The highest BCUT2D eigenvalue weighted by molar-refractivity contribution is 7.99. The molecule has 2 aromatic rings. The first-order valence-corrected chi connectivity index (χ1v) is 5.30. The highest BCUT2D eigenvalue weighted by Crippen LogP contribution is 2.23. The Morgan fingerprint density at radius 1 is 1.43 bits per heavy atom. The first-order chi connectivity index (χ1) is 6.90. The Bertz CT molecular complexity index is 436. The van der Waals surface area contributed by atoms with E-state index in [1.165, 1.54) is 0 Å². The van der Waals surface area contributed by atoms with Gasteiger partial charge in [0.25, 0.3) is 5.22 Å². The summed E-state index contributed by atoms with van der Waals surface area (Å²) in [5.74, 6) is 3.43. The van der Waals surface area contributed by atoms with Gasteiger partial charge in [0.1, 0.15) is 5.52 Å². The van der Waals surface area contributed by atoms with E-state index in [4.69, 9.17) is 10.8 Å². The van der Waals surface area contributed by atoms with Crippen LogP contribution in [0.4, 0.5) is 0 Å². The van der Waals surface area contributed by atoms with Gasteiger partial charge in [-0.1, -0.05) is 23.9 Å². The molecule has 2 nitrogen and oxygen atoms in total. The second kappa shape index (κ2) is 4.21. The Kier molecular flexibility index (Phi) is 2.76. The van der Waals surface area contributed by atoms with Crippen molar-refractivity contribution >= 4 is 22.9 Å². The van der Waals surface area contributed by atoms with Gasteiger partial charge in [-0.25, -0.2) is 4.98 Å². The number of oxazole rings is 1. The molecule has 0 bridgehead atoms. The van der Waals surface area contributed by atoms with Gasteiger partial charge in [-0.2, -0.15) is 0 Å². The Labute approximate surface area is 86.7 Å². The minimum atomic E-state index is 0.696. The standard InChI is InChI=1S/C11H9NOS/c1-2-3-8-14-11-12-9-6-4-5-7-10(9)13-11/h1,4-7H,3,8H2. The molecule has 0 amide bonds. The van der Waals surface area contributed by atoms with Gasteiger partial charge in [0.15, 0.2) is 5.58 Å². The fourth-order valence-corrected chi connectivity index (χ4v) is 1.82. The maximum Gasteiger partial charge on any atom is 0.256 e. The molecule has 1 heterocycles. The molecule has 0 aliphatic heterocycles. The van der Waals surface area contributed by atoms with Crippen molar-refractivity contribution in [1.29, 1.82) is 0 Å². The summed E-state index contributed by atoms with van der Waals surface area (Å²) in [5, 5.41) is 0.696. The van der Waals surface area contributed by atoms with Crippen molar-refractivity contribution in [2.45, 2.75) is 11.6 Å². The van der Waals surface area contributed by atoms with Crippen LogP contribution in [-0.4, -0.2) is 10.7 Å². The number of fused-ring (bicyclic) bond motifs is 1. The van der Waals surface area contributed by atoms with Crippen LogP contribution in [0.1, 0.15) is 6.42 Å². The van der Waals surface area contributed by atoms with E-state index in [0.29, 0.717) is 5.22 Å². The number of nitrogens with zero attached hydrogens (tertiary/aromatic N) is 1. The zero-order valence-electron chi connectivity index (χ0n) is 7.56. The smallest absolute Gasteiger partial charge is 0.256 e. The molecular weight excluding hydrogens is 194 g/mol. The van der Waals surface area contributed by atoms with E-state index in [0.717, 1.165) is 23.3 Å². The fraction of sp³-hybridized carbons (Fsp3) is 0.182. The normalized spacial score (nSPS) is 10.2. The van der Waals surface area contributed by atoms with Gasteiger partial charge in [0.05, 0.1) is 0 Å². The summed E-state index contributed by atoms with van der Waals surface area (Å²) >= 11 is 1.55. The van der Waals surface area contributed by atoms with Crippen LogP contribution in [0.15, 0.2) is 33.9 Å². The summed E-state index contributed by atoms with van der Waals surface area (Å²) in [6.07, 6.45) is 5.89. The van der Waals surface area contributed by atoms with Crippen LogP contribution in [0.3, 0.4) is 0 Å². The number of rotatable bonds is 3. The molecule has 2 rings (SSSR count). The van der Waals surface area contributed by atoms with Crippen molar-refractivity contribution in [3.8, 4) is 12.3 Å². The van der Waals surface area contributed by atoms with Crippen molar-refractivity contribution < 1.29 is 4.42 Å². The number of hydrogen-bond acceptors (Lipinski definition) is 3. The topological polar surface area (TPSA) is 26.0 Å². The lowest BCUT2D eigenvalue weighted by atomic mass is 10.3. The van der Waals surface area contributed by atoms with Crippen molar-refractivity contribution in [3.63, 3.8) is 0 Å². The molecule has 14 heavy (non-hydrogen) atoms. The van der Waals surface area contributed by atoms with Crippen LogP contribution in [0, 0.1) is 12.3 Å². The summed E-state index contributed by atoms with van der Waals surface area (Å²) in [7, 11) is 0. The van der Waals surface area contributed by atoms with E-state index in [1.54, 1.807) is 11.8 Å². The van der Waals surface area contributed by atoms with Crippen LogP contribution < -0.4 is 0 Å². The molecule has 0 aliphatic carbocycles. The molecule has 3 heteroatoms. The summed E-state index contributed by atoms with van der Waals surface area (Å²) in [6, 6.07) is 7.72. The number of terminal acetylenes is 1. The van der Waals surface area contributed by atoms with E-state index >= 15 is 0 Å². The molecule has 70 valence electrons. The Morgan fingerprint density at radius 3 is 3.07 bits per heavy atom. The van der Waals surface area contributed by atoms with Gasteiger partial charge >= 0.3 is 0 Å². The minimum Gasteiger partial charge on any atom is -0.431 e. The molecule has 0 atom stereocenters. The highest BCUT2D eigenvalue weighted by atomic mass is 32.2. The number of aromatic nitrogens is 1. The third kappa shape index (κ3) is 1.91. The number of para-hydroxylation sites is 2. The molecule has 0 N–H and O–H groups in total. The van der Waals surface area contributed by atoms with Crippen molar-refractivity contribution in [2.75, 3.05) is 5.75 Å². The highest BCUT2D eigenvalue weighted by Gasteiger charge is 2.03. The molecule has 0 saturated heterocycles. The zero-order chi connectivity index (χ0) is 9.80. The van der Waals surface area contributed by atoms with Crippen LogP contribution in [0.5, 0.6) is 0 Å². The monoisotopic (exact) mass is 203 g/mol. The molecule has 0 saturated carbocycles. The molecule has 0 radical (unpaired) electrons. The van der Waals surface area contributed by atoms with Gasteiger partial charge in [0, 0.05) is 12.2 Å². The zero-order valence-corrected chi connectivity index (χ0v) is 8.38. The molecule has 1 aromatic carbocycles. The molecule has 0 unspecified atom stereocenters.